The maximum atomic E-state index is 12.7. The second kappa shape index (κ2) is 3.73. The van der Waals surface area contributed by atoms with E-state index in [2.05, 4.69) is 17.2 Å². The van der Waals surface area contributed by atoms with E-state index in [1.165, 1.54) is 0 Å². The number of halogens is 5. The van der Waals surface area contributed by atoms with Gasteiger partial charge >= 0.3 is 10.2 Å². The van der Waals surface area contributed by atoms with Crippen LogP contribution in [0.4, 0.5) is 25.1 Å². The molecule has 0 unspecified atom stereocenters. The molecule has 9 heteroatoms. The van der Waals surface area contributed by atoms with Crippen molar-refractivity contribution in [2.24, 2.45) is 4.99 Å². The van der Waals surface area contributed by atoms with Crippen molar-refractivity contribution in [1.29, 1.82) is 5.26 Å². The van der Waals surface area contributed by atoms with Crippen LogP contribution in [0.5, 0.6) is 0 Å². The van der Waals surface area contributed by atoms with E-state index in [0.717, 1.165) is 23.7 Å². The van der Waals surface area contributed by atoms with Crippen molar-refractivity contribution < 1.29 is 19.4 Å². The van der Waals surface area contributed by atoms with Gasteiger partial charge in [-0.3, -0.25) is 4.99 Å². The molecule has 0 saturated heterocycles. The van der Waals surface area contributed by atoms with E-state index in [4.69, 9.17) is 5.26 Å². The Balaban J connectivity index is 3.58. The van der Waals surface area contributed by atoms with Crippen LogP contribution in [0.3, 0.4) is 0 Å². The van der Waals surface area contributed by atoms with Gasteiger partial charge in [-0.05, 0) is 18.2 Å². The zero-order chi connectivity index (χ0) is 14.1. The summed E-state index contributed by atoms with van der Waals surface area (Å²) in [6, 6.07) is 2.88. The third-order valence-corrected chi connectivity index (χ3v) is 3.08. The monoisotopic (exact) mass is 300 g/mol. The van der Waals surface area contributed by atoms with Crippen molar-refractivity contribution in [3.8, 4) is 6.07 Å². The van der Waals surface area contributed by atoms with Gasteiger partial charge in [0.05, 0.1) is 11.3 Å². The molecule has 0 atom stereocenters. The molecule has 0 fully saturated rings. The summed E-state index contributed by atoms with van der Waals surface area (Å²) in [6.45, 7) is 0. The molecule has 0 N–H and O–H groups in total. The number of rotatable bonds is 3. The quantitative estimate of drug-likeness (QED) is 0.451. The number of hydrogen-bond acceptors (Lipinski definition) is 3. The summed E-state index contributed by atoms with van der Waals surface area (Å²) in [4.78, 5) is 1.19. The van der Waals surface area contributed by atoms with Crippen molar-refractivity contribution in [1.82, 2.24) is 0 Å². The van der Waals surface area contributed by atoms with E-state index in [-0.39, 0.29) is 11.8 Å². The zero-order valence-corrected chi connectivity index (χ0v) is 10.1. The Kier molecular flexibility index (Phi) is 3.01. The van der Waals surface area contributed by atoms with Crippen LogP contribution >= 0.6 is 22.4 Å². The Bertz CT molecular complexity index is 571. The molecular weight excluding hydrogens is 295 g/mol. The summed E-state index contributed by atoms with van der Waals surface area (Å²) in [5.74, 6) is 0. The molecule has 0 amide bonds. The van der Waals surface area contributed by atoms with E-state index < -0.39 is 20.7 Å². The fraction of sp³-hybridized carbons (Fsp3) is 0. The second-order valence-corrected chi connectivity index (χ2v) is 5.83. The first kappa shape index (κ1) is 14.5. The summed E-state index contributed by atoms with van der Waals surface area (Å²) in [6.07, 6.45) is 0.978. The Morgan fingerprint density at radius 2 is 1.83 bits per heavy atom. The van der Waals surface area contributed by atoms with E-state index in [0.29, 0.717) is 6.07 Å². The van der Waals surface area contributed by atoms with Crippen LogP contribution in [0, 0.1) is 11.3 Å². The first-order valence-corrected chi connectivity index (χ1v) is 6.66. The maximum absolute atomic E-state index is 12.7. The first-order chi connectivity index (χ1) is 7.97. The van der Waals surface area contributed by atoms with Gasteiger partial charge in [-0.15, -0.1) is 0 Å². The van der Waals surface area contributed by atoms with Crippen molar-refractivity contribution in [2.45, 2.75) is 4.90 Å². The average Bonchev–Trinajstić information content (AvgIpc) is 2.23. The van der Waals surface area contributed by atoms with Crippen molar-refractivity contribution >= 4 is 39.7 Å². The minimum atomic E-state index is -9.91. The third kappa shape index (κ3) is 3.48. The molecule has 0 aromatic heterocycles. The molecule has 0 aliphatic rings. The smallest absolute Gasteiger partial charge is 0.256 e. The van der Waals surface area contributed by atoms with Crippen LogP contribution in [0.1, 0.15) is 5.56 Å². The maximum Gasteiger partial charge on any atom is 0.311 e. The first-order valence-electron chi connectivity index (χ1n) is 4.24. The molecule has 98 valence electrons. The molecule has 0 bridgehead atoms. The SMILES string of the molecule is N#Cc1ccc(N=CC=S)cc1S(F)(F)(F)(F)F. The van der Waals surface area contributed by atoms with Crippen LogP contribution in [-0.4, -0.2) is 11.6 Å². The Morgan fingerprint density at radius 3 is 2.28 bits per heavy atom. The highest BCUT2D eigenvalue weighted by molar-refractivity contribution is 8.45. The number of benzene rings is 1. The summed E-state index contributed by atoms with van der Waals surface area (Å²) in [7, 11) is -9.91. The Hall–Kier alpha value is -1.53. The summed E-state index contributed by atoms with van der Waals surface area (Å²) >= 11 is 4.36. The van der Waals surface area contributed by atoms with Gasteiger partial charge in [0.15, 0.2) is 0 Å². The highest BCUT2D eigenvalue weighted by atomic mass is 32.5. The molecule has 0 heterocycles. The lowest BCUT2D eigenvalue weighted by Crippen LogP contribution is -2.08. The van der Waals surface area contributed by atoms with E-state index in [1.807, 2.05) is 0 Å². The number of hydrogen-bond donors (Lipinski definition) is 0. The van der Waals surface area contributed by atoms with E-state index >= 15 is 0 Å². The van der Waals surface area contributed by atoms with Crippen LogP contribution in [0.25, 0.3) is 0 Å². The molecule has 0 radical (unpaired) electrons. The molecule has 0 saturated carbocycles. The number of nitrogens with zero attached hydrogens (tertiary/aromatic N) is 2. The summed E-state index contributed by atoms with van der Waals surface area (Å²) in [5, 5.41) is 9.46. The fourth-order valence-electron chi connectivity index (χ4n) is 1.12. The molecule has 2 nitrogen and oxygen atoms in total. The number of nitriles is 1. The van der Waals surface area contributed by atoms with Crippen molar-refractivity contribution in [3.05, 3.63) is 23.8 Å². The van der Waals surface area contributed by atoms with Crippen LogP contribution in [0.15, 0.2) is 28.1 Å². The van der Waals surface area contributed by atoms with Crippen LogP contribution in [-0.2, 0) is 0 Å². The Morgan fingerprint density at radius 1 is 1.22 bits per heavy atom. The Labute approximate surface area is 104 Å². The number of aliphatic imine (C=N–C) groups is 1. The highest BCUT2D eigenvalue weighted by Gasteiger charge is 2.66. The molecule has 0 aliphatic heterocycles. The van der Waals surface area contributed by atoms with Gasteiger partial charge in [-0.2, -0.15) is 5.26 Å². The van der Waals surface area contributed by atoms with Gasteiger partial charge in [-0.1, -0.05) is 31.6 Å². The summed E-state index contributed by atoms with van der Waals surface area (Å²) < 4.78 is 63.3. The zero-order valence-electron chi connectivity index (χ0n) is 8.49. The van der Waals surface area contributed by atoms with Gasteiger partial charge in [0.25, 0.3) is 0 Å². The van der Waals surface area contributed by atoms with Gasteiger partial charge in [0.2, 0.25) is 0 Å². The standard InChI is InChI=1S/C9H5F5N2S2/c10-18(11,12,13,14)9-5-8(16-3-4-17)2-1-7(9)6-15/h1-5H. The highest BCUT2D eigenvalue weighted by Crippen LogP contribution is 3.02. The van der Waals surface area contributed by atoms with E-state index in [9.17, 15) is 19.4 Å². The lowest BCUT2D eigenvalue weighted by Gasteiger charge is -2.41. The minimum absolute atomic E-state index is 0.134. The molecule has 1 aromatic carbocycles. The van der Waals surface area contributed by atoms with Crippen molar-refractivity contribution in [2.75, 3.05) is 0 Å². The van der Waals surface area contributed by atoms with Gasteiger partial charge in [0, 0.05) is 11.6 Å². The van der Waals surface area contributed by atoms with Gasteiger partial charge < -0.3 is 0 Å². The molecule has 0 spiro atoms. The van der Waals surface area contributed by atoms with E-state index in [1.54, 1.807) is 0 Å². The second-order valence-electron chi connectivity index (χ2n) is 3.18. The topological polar surface area (TPSA) is 36.1 Å². The normalized spacial score (nSPS) is 15.8. The average molecular weight is 300 g/mol. The molecule has 0 aliphatic carbocycles. The van der Waals surface area contributed by atoms with Gasteiger partial charge in [-0.25, -0.2) is 0 Å². The molecule has 18 heavy (non-hydrogen) atoms. The molecule has 1 aromatic rings. The lowest BCUT2D eigenvalue weighted by molar-refractivity contribution is 0.363. The van der Waals surface area contributed by atoms with Crippen LogP contribution < -0.4 is 0 Å². The predicted octanol–water partition coefficient (Wildman–Crippen LogP) is 4.92. The van der Waals surface area contributed by atoms with Gasteiger partial charge in [0.1, 0.15) is 11.0 Å². The molecular formula is C9H5F5N2S2. The largest absolute Gasteiger partial charge is 0.311 e. The van der Waals surface area contributed by atoms with Crippen molar-refractivity contribution in [3.63, 3.8) is 0 Å². The number of thiocarbonyl (C=S) groups is 1. The third-order valence-electron chi connectivity index (χ3n) is 1.79. The lowest BCUT2D eigenvalue weighted by atomic mass is 10.2. The minimum Gasteiger partial charge on any atom is -0.256 e. The molecule has 1 rings (SSSR count). The predicted molar refractivity (Wildman–Crippen MR) is 64.4 cm³/mol. The fourth-order valence-corrected chi connectivity index (χ4v) is 2.05. The summed E-state index contributed by atoms with van der Waals surface area (Å²) in [5.41, 5.74) is -1.51. The van der Waals surface area contributed by atoms with Crippen LogP contribution in [0.2, 0.25) is 0 Å².